The minimum absolute atomic E-state index is 0.316. The van der Waals surface area contributed by atoms with Crippen LogP contribution in [-0.2, 0) is 0 Å². The summed E-state index contributed by atoms with van der Waals surface area (Å²) in [6.45, 7) is 4.84. The molecule has 3 heteroatoms. The van der Waals surface area contributed by atoms with Gasteiger partial charge in [-0.2, -0.15) is 0 Å². The summed E-state index contributed by atoms with van der Waals surface area (Å²) in [7, 11) is 0. The summed E-state index contributed by atoms with van der Waals surface area (Å²) in [4.78, 5) is 2.43. The van der Waals surface area contributed by atoms with E-state index >= 15 is 0 Å². The minimum Gasteiger partial charge on any atom is -0.395 e. The molecule has 2 unspecified atom stereocenters. The topological polar surface area (TPSA) is 23.5 Å². The van der Waals surface area contributed by atoms with Crippen molar-refractivity contribution in [1.29, 1.82) is 0 Å². The van der Waals surface area contributed by atoms with Crippen molar-refractivity contribution in [3.63, 3.8) is 0 Å². The van der Waals surface area contributed by atoms with E-state index in [4.69, 9.17) is 11.6 Å². The summed E-state index contributed by atoms with van der Waals surface area (Å²) in [5.74, 6) is 1.44. The van der Waals surface area contributed by atoms with Crippen molar-refractivity contribution in [3.05, 3.63) is 0 Å². The lowest BCUT2D eigenvalue weighted by Crippen LogP contribution is -2.35. The van der Waals surface area contributed by atoms with Crippen molar-refractivity contribution in [2.45, 2.75) is 38.6 Å². The van der Waals surface area contributed by atoms with E-state index in [-0.39, 0.29) is 0 Å². The molecule has 1 rings (SSSR count). The van der Waals surface area contributed by atoms with Gasteiger partial charge in [0.1, 0.15) is 0 Å². The average molecular weight is 220 g/mol. The van der Waals surface area contributed by atoms with Crippen molar-refractivity contribution in [2.24, 2.45) is 5.92 Å². The first-order valence-electron chi connectivity index (χ1n) is 5.70. The van der Waals surface area contributed by atoms with Gasteiger partial charge in [0.25, 0.3) is 0 Å². The molecule has 2 nitrogen and oxygen atoms in total. The molecule has 2 atom stereocenters. The van der Waals surface area contributed by atoms with Gasteiger partial charge >= 0.3 is 0 Å². The number of rotatable bonds is 6. The van der Waals surface area contributed by atoms with E-state index in [0.717, 1.165) is 25.4 Å². The van der Waals surface area contributed by atoms with Crippen LogP contribution in [0, 0.1) is 5.92 Å². The number of hydrogen-bond donors (Lipinski definition) is 1. The molecule has 84 valence electrons. The molecule has 0 aromatic carbocycles. The normalized spacial score (nSPS) is 28.5. The SMILES string of the molecule is CC1CCN(CCCCCCl)C1CO. The van der Waals surface area contributed by atoms with Gasteiger partial charge in [0.05, 0.1) is 6.61 Å². The number of alkyl halides is 1. The Morgan fingerprint density at radius 3 is 2.79 bits per heavy atom. The Bertz CT molecular complexity index is 154. The van der Waals surface area contributed by atoms with Gasteiger partial charge in [-0.1, -0.05) is 13.3 Å². The summed E-state index contributed by atoms with van der Waals surface area (Å²) in [6.07, 6.45) is 4.79. The fourth-order valence-corrected chi connectivity index (χ4v) is 2.44. The van der Waals surface area contributed by atoms with Crippen molar-refractivity contribution in [2.75, 3.05) is 25.6 Å². The van der Waals surface area contributed by atoms with Crippen LogP contribution in [0.25, 0.3) is 0 Å². The predicted octanol–water partition coefficient (Wildman–Crippen LogP) is 2.10. The van der Waals surface area contributed by atoms with E-state index in [1.165, 1.54) is 19.3 Å². The molecule has 0 saturated carbocycles. The van der Waals surface area contributed by atoms with Crippen LogP contribution in [0.15, 0.2) is 0 Å². The first-order chi connectivity index (χ1) is 6.79. The number of unbranched alkanes of at least 4 members (excludes halogenated alkanes) is 2. The highest BCUT2D eigenvalue weighted by Gasteiger charge is 2.29. The Labute approximate surface area is 92.2 Å². The highest BCUT2D eigenvalue weighted by atomic mass is 35.5. The Morgan fingerprint density at radius 2 is 2.14 bits per heavy atom. The molecule has 0 aromatic heterocycles. The molecule has 1 N–H and O–H groups in total. The monoisotopic (exact) mass is 219 g/mol. The van der Waals surface area contributed by atoms with Gasteiger partial charge in [0.2, 0.25) is 0 Å². The van der Waals surface area contributed by atoms with Crippen LogP contribution >= 0.6 is 11.6 Å². The van der Waals surface area contributed by atoms with E-state index in [1.54, 1.807) is 0 Å². The second kappa shape index (κ2) is 6.65. The summed E-state index contributed by atoms with van der Waals surface area (Å²) < 4.78 is 0. The summed E-state index contributed by atoms with van der Waals surface area (Å²) in [5, 5.41) is 9.25. The zero-order valence-electron chi connectivity index (χ0n) is 9.08. The molecule has 0 amide bonds. The second-order valence-electron chi connectivity index (χ2n) is 4.30. The molecule has 1 saturated heterocycles. The van der Waals surface area contributed by atoms with Crippen LogP contribution in [0.2, 0.25) is 0 Å². The first-order valence-corrected chi connectivity index (χ1v) is 6.24. The maximum absolute atomic E-state index is 9.25. The smallest absolute Gasteiger partial charge is 0.0589 e. The maximum atomic E-state index is 9.25. The lowest BCUT2D eigenvalue weighted by molar-refractivity contribution is 0.138. The van der Waals surface area contributed by atoms with E-state index < -0.39 is 0 Å². The zero-order chi connectivity index (χ0) is 10.4. The van der Waals surface area contributed by atoms with E-state index in [2.05, 4.69) is 11.8 Å². The third-order valence-corrected chi connectivity index (χ3v) is 3.53. The lowest BCUT2D eigenvalue weighted by atomic mass is 10.0. The summed E-state index contributed by atoms with van der Waals surface area (Å²) in [6, 6.07) is 0.408. The molecular weight excluding hydrogens is 198 g/mol. The molecule has 0 spiro atoms. The molecule has 0 aliphatic carbocycles. The lowest BCUT2D eigenvalue weighted by Gasteiger charge is -2.24. The number of aliphatic hydroxyl groups is 1. The zero-order valence-corrected chi connectivity index (χ0v) is 9.84. The van der Waals surface area contributed by atoms with Crippen LogP contribution in [0.3, 0.4) is 0 Å². The van der Waals surface area contributed by atoms with Crippen LogP contribution < -0.4 is 0 Å². The van der Waals surface area contributed by atoms with Gasteiger partial charge < -0.3 is 5.11 Å². The standard InChI is InChI=1S/C11H22ClNO/c1-10-5-8-13(11(10)9-14)7-4-2-3-6-12/h10-11,14H,2-9H2,1H3. The summed E-state index contributed by atoms with van der Waals surface area (Å²) in [5.41, 5.74) is 0. The number of likely N-dealkylation sites (tertiary alicyclic amines) is 1. The van der Waals surface area contributed by atoms with Gasteiger partial charge in [-0.25, -0.2) is 0 Å². The number of nitrogens with zero attached hydrogens (tertiary/aromatic N) is 1. The van der Waals surface area contributed by atoms with Gasteiger partial charge in [-0.3, -0.25) is 4.90 Å². The first kappa shape index (κ1) is 12.3. The largest absolute Gasteiger partial charge is 0.395 e. The van der Waals surface area contributed by atoms with Gasteiger partial charge in [0, 0.05) is 11.9 Å². The van der Waals surface area contributed by atoms with Crippen LogP contribution in [0.1, 0.15) is 32.6 Å². The predicted molar refractivity (Wildman–Crippen MR) is 60.8 cm³/mol. The fraction of sp³-hybridized carbons (Fsp3) is 1.00. The Hall–Kier alpha value is 0.210. The number of hydrogen-bond acceptors (Lipinski definition) is 2. The summed E-state index contributed by atoms with van der Waals surface area (Å²) >= 11 is 5.62. The molecule has 1 aliphatic heterocycles. The van der Waals surface area contributed by atoms with Crippen LogP contribution in [0.4, 0.5) is 0 Å². The van der Waals surface area contributed by atoms with Crippen molar-refractivity contribution >= 4 is 11.6 Å². The van der Waals surface area contributed by atoms with Crippen molar-refractivity contribution < 1.29 is 5.11 Å². The third kappa shape index (κ3) is 3.41. The minimum atomic E-state index is 0.316. The van der Waals surface area contributed by atoms with E-state index in [0.29, 0.717) is 18.6 Å². The number of aliphatic hydroxyl groups excluding tert-OH is 1. The molecule has 1 fully saturated rings. The second-order valence-corrected chi connectivity index (χ2v) is 4.68. The van der Waals surface area contributed by atoms with Crippen LogP contribution in [-0.4, -0.2) is 41.6 Å². The molecule has 1 aliphatic rings. The molecule has 0 bridgehead atoms. The Balaban J connectivity index is 2.17. The van der Waals surface area contributed by atoms with Crippen molar-refractivity contribution in [1.82, 2.24) is 4.90 Å². The molecular formula is C11H22ClNO. The maximum Gasteiger partial charge on any atom is 0.0589 e. The molecule has 14 heavy (non-hydrogen) atoms. The third-order valence-electron chi connectivity index (χ3n) is 3.26. The highest BCUT2D eigenvalue weighted by Crippen LogP contribution is 2.23. The molecule has 1 heterocycles. The highest BCUT2D eigenvalue weighted by molar-refractivity contribution is 6.17. The van der Waals surface area contributed by atoms with Crippen molar-refractivity contribution in [3.8, 4) is 0 Å². The molecule has 0 radical (unpaired) electrons. The van der Waals surface area contributed by atoms with Gasteiger partial charge in [-0.15, -0.1) is 11.6 Å². The van der Waals surface area contributed by atoms with E-state index in [1.807, 2.05) is 0 Å². The average Bonchev–Trinajstić information content (AvgIpc) is 2.54. The molecule has 0 aromatic rings. The van der Waals surface area contributed by atoms with Gasteiger partial charge in [0.15, 0.2) is 0 Å². The quantitative estimate of drug-likeness (QED) is 0.547. The van der Waals surface area contributed by atoms with Gasteiger partial charge in [-0.05, 0) is 38.3 Å². The Morgan fingerprint density at radius 1 is 1.36 bits per heavy atom. The fourth-order valence-electron chi connectivity index (χ4n) is 2.25. The van der Waals surface area contributed by atoms with Crippen LogP contribution in [0.5, 0.6) is 0 Å². The number of halogens is 1. The van der Waals surface area contributed by atoms with E-state index in [9.17, 15) is 5.11 Å². The Kier molecular flexibility index (Phi) is 5.83.